The Kier molecular flexibility index (Phi) is 3.92. The number of benzene rings is 1. The molecule has 1 aliphatic carbocycles. The van der Waals surface area contributed by atoms with Gasteiger partial charge < -0.3 is 15.2 Å². The van der Waals surface area contributed by atoms with Crippen LogP contribution >= 0.6 is 0 Å². The summed E-state index contributed by atoms with van der Waals surface area (Å²) < 4.78 is 11.2. The van der Waals surface area contributed by atoms with Crippen LogP contribution in [-0.4, -0.2) is 31.7 Å². The number of hydrogen-bond donors (Lipinski definition) is 1. The molecule has 1 aromatic rings. The van der Waals surface area contributed by atoms with Gasteiger partial charge >= 0.3 is 0 Å². The fourth-order valence-corrected chi connectivity index (χ4v) is 3.09. The molecule has 0 saturated heterocycles. The fourth-order valence-electron chi connectivity index (χ4n) is 3.09. The van der Waals surface area contributed by atoms with Gasteiger partial charge in [0, 0.05) is 6.42 Å². The SMILES string of the molecule is COc1ccc(CC2=NC3CC(CN)CCC3O2)cc1. The molecule has 0 aromatic heterocycles. The predicted molar refractivity (Wildman–Crippen MR) is 79.2 cm³/mol. The van der Waals surface area contributed by atoms with Crippen LogP contribution in [0.2, 0.25) is 0 Å². The molecule has 20 heavy (non-hydrogen) atoms. The van der Waals surface area contributed by atoms with E-state index in [-0.39, 0.29) is 6.10 Å². The fraction of sp³-hybridized carbons (Fsp3) is 0.562. The molecule has 1 heterocycles. The summed E-state index contributed by atoms with van der Waals surface area (Å²) >= 11 is 0. The zero-order chi connectivity index (χ0) is 13.9. The minimum Gasteiger partial charge on any atom is -0.497 e. The molecule has 0 bridgehead atoms. The van der Waals surface area contributed by atoms with Gasteiger partial charge in [0.1, 0.15) is 11.9 Å². The summed E-state index contributed by atoms with van der Waals surface area (Å²) in [5.74, 6) is 2.37. The summed E-state index contributed by atoms with van der Waals surface area (Å²) in [6.45, 7) is 0.770. The van der Waals surface area contributed by atoms with E-state index in [9.17, 15) is 0 Å². The normalized spacial score (nSPS) is 28.5. The van der Waals surface area contributed by atoms with Crippen LogP contribution in [0.4, 0.5) is 0 Å². The highest BCUT2D eigenvalue weighted by atomic mass is 16.5. The quantitative estimate of drug-likeness (QED) is 0.915. The molecule has 2 aliphatic rings. The lowest BCUT2D eigenvalue weighted by Gasteiger charge is -2.28. The molecule has 1 saturated carbocycles. The predicted octanol–water partition coefficient (Wildman–Crippen LogP) is 2.16. The van der Waals surface area contributed by atoms with Crippen molar-refractivity contribution in [1.82, 2.24) is 0 Å². The zero-order valence-electron chi connectivity index (χ0n) is 11.9. The van der Waals surface area contributed by atoms with Gasteiger partial charge in [-0.3, -0.25) is 0 Å². The number of hydrogen-bond acceptors (Lipinski definition) is 4. The van der Waals surface area contributed by atoms with Crippen molar-refractivity contribution in [1.29, 1.82) is 0 Å². The van der Waals surface area contributed by atoms with Crippen LogP contribution in [0, 0.1) is 5.92 Å². The van der Waals surface area contributed by atoms with Crippen LogP contribution in [-0.2, 0) is 11.2 Å². The second-order valence-corrected chi connectivity index (χ2v) is 5.69. The van der Waals surface area contributed by atoms with E-state index in [1.807, 2.05) is 12.1 Å². The Labute approximate surface area is 120 Å². The Morgan fingerprint density at radius 1 is 1.30 bits per heavy atom. The van der Waals surface area contributed by atoms with Gasteiger partial charge in [0.15, 0.2) is 5.90 Å². The lowest BCUT2D eigenvalue weighted by Crippen LogP contribution is -2.33. The molecule has 0 spiro atoms. The Morgan fingerprint density at radius 2 is 2.10 bits per heavy atom. The number of fused-ring (bicyclic) bond motifs is 1. The van der Waals surface area contributed by atoms with E-state index in [4.69, 9.17) is 20.2 Å². The molecule has 3 atom stereocenters. The van der Waals surface area contributed by atoms with Crippen molar-refractivity contribution in [2.75, 3.05) is 13.7 Å². The number of nitrogens with two attached hydrogens (primary N) is 1. The number of rotatable bonds is 4. The first kappa shape index (κ1) is 13.4. The van der Waals surface area contributed by atoms with Crippen LogP contribution in [0.15, 0.2) is 29.3 Å². The van der Waals surface area contributed by atoms with E-state index < -0.39 is 0 Å². The van der Waals surface area contributed by atoms with Crippen LogP contribution < -0.4 is 10.5 Å². The number of methoxy groups -OCH3 is 1. The first-order valence-electron chi connectivity index (χ1n) is 7.35. The molecule has 2 N–H and O–H groups in total. The molecule has 3 rings (SSSR count). The van der Waals surface area contributed by atoms with Gasteiger partial charge in [-0.15, -0.1) is 0 Å². The second-order valence-electron chi connectivity index (χ2n) is 5.69. The summed E-state index contributed by atoms with van der Waals surface area (Å²) in [4.78, 5) is 4.75. The molecule has 1 fully saturated rings. The Hall–Kier alpha value is -1.55. The molecular formula is C16H22N2O2. The van der Waals surface area contributed by atoms with E-state index in [0.717, 1.165) is 37.5 Å². The van der Waals surface area contributed by atoms with Gasteiger partial charge in [0.2, 0.25) is 0 Å². The summed E-state index contributed by atoms with van der Waals surface area (Å²) in [6.07, 6.45) is 4.38. The van der Waals surface area contributed by atoms with Gasteiger partial charge in [-0.1, -0.05) is 12.1 Å². The molecule has 3 unspecified atom stereocenters. The minimum atomic E-state index is 0.283. The van der Waals surface area contributed by atoms with E-state index in [0.29, 0.717) is 12.0 Å². The van der Waals surface area contributed by atoms with E-state index in [1.54, 1.807) is 7.11 Å². The molecule has 1 aromatic carbocycles. The first-order chi connectivity index (χ1) is 9.78. The van der Waals surface area contributed by atoms with Gasteiger partial charge in [0.25, 0.3) is 0 Å². The van der Waals surface area contributed by atoms with Crippen LogP contribution in [0.5, 0.6) is 5.75 Å². The highest BCUT2D eigenvalue weighted by Crippen LogP contribution is 2.32. The largest absolute Gasteiger partial charge is 0.497 e. The molecular weight excluding hydrogens is 252 g/mol. The average Bonchev–Trinajstić information content (AvgIpc) is 2.89. The van der Waals surface area contributed by atoms with Crippen molar-refractivity contribution in [2.24, 2.45) is 16.6 Å². The average molecular weight is 274 g/mol. The van der Waals surface area contributed by atoms with E-state index in [1.165, 1.54) is 12.0 Å². The van der Waals surface area contributed by atoms with Crippen molar-refractivity contribution in [3.8, 4) is 5.75 Å². The van der Waals surface area contributed by atoms with Gasteiger partial charge in [0.05, 0.1) is 13.2 Å². The highest BCUT2D eigenvalue weighted by molar-refractivity contribution is 5.80. The van der Waals surface area contributed by atoms with Gasteiger partial charge in [-0.2, -0.15) is 0 Å². The monoisotopic (exact) mass is 274 g/mol. The van der Waals surface area contributed by atoms with Crippen molar-refractivity contribution in [3.63, 3.8) is 0 Å². The zero-order valence-corrected chi connectivity index (χ0v) is 11.9. The lowest BCUT2D eigenvalue weighted by atomic mass is 9.84. The summed E-state index contributed by atoms with van der Waals surface area (Å²) in [5, 5.41) is 0. The third-order valence-corrected chi connectivity index (χ3v) is 4.31. The molecule has 108 valence electrons. The maximum Gasteiger partial charge on any atom is 0.188 e. The van der Waals surface area contributed by atoms with Crippen molar-refractivity contribution >= 4 is 5.90 Å². The summed E-state index contributed by atoms with van der Waals surface area (Å²) in [5.41, 5.74) is 6.98. The number of nitrogens with zero attached hydrogens (tertiary/aromatic N) is 1. The second kappa shape index (κ2) is 5.83. The number of ether oxygens (including phenoxy) is 2. The van der Waals surface area contributed by atoms with Gasteiger partial charge in [-0.05, 0) is 49.4 Å². The Morgan fingerprint density at radius 3 is 2.80 bits per heavy atom. The van der Waals surface area contributed by atoms with E-state index in [2.05, 4.69) is 12.1 Å². The van der Waals surface area contributed by atoms with Crippen LogP contribution in [0.1, 0.15) is 24.8 Å². The maximum atomic E-state index is 6.00. The minimum absolute atomic E-state index is 0.283. The maximum absolute atomic E-state index is 6.00. The van der Waals surface area contributed by atoms with Crippen molar-refractivity contribution in [2.45, 2.75) is 37.8 Å². The highest BCUT2D eigenvalue weighted by Gasteiger charge is 2.36. The summed E-state index contributed by atoms with van der Waals surface area (Å²) in [7, 11) is 1.68. The van der Waals surface area contributed by atoms with Crippen molar-refractivity contribution in [3.05, 3.63) is 29.8 Å². The lowest BCUT2D eigenvalue weighted by molar-refractivity contribution is 0.127. The molecule has 4 heteroatoms. The smallest absolute Gasteiger partial charge is 0.188 e. The summed E-state index contributed by atoms with van der Waals surface area (Å²) in [6, 6.07) is 8.40. The molecule has 0 radical (unpaired) electrons. The Balaban J connectivity index is 1.63. The molecule has 4 nitrogen and oxygen atoms in total. The van der Waals surface area contributed by atoms with Crippen LogP contribution in [0.3, 0.4) is 0 Å². The van der Waals surface area contributed by atoms with Gasteiger partial charge in [-0.25, -0.2) is 4.99 Å². The molecule has 0 amide bonds. The first-order valence-corrected chi connectivity index (χ1v) is 7.35. The topological polar surface area (TPSA) is 56.8 Å². The third kappa shape index (κ3) is 2.80. The molecule has 1 aliphatic heterocycles. The van der Waals surface area contributed by atoms with E-state index >= 15 is 0 Å². The Bertz CT molecular complexity index is 484. The van der Waals surface area contributed by atoms with Crippen LogP contribution in [0.25, 0.3) is 0 Å². The standard InChI is InChI=1S/C16H22N2O2/c1-19-13-5-2-11(3-6-13)9-16-18-14-8-12(10-17)4-7-15(14)20-16/h2-3,5-6,12,14-15H,4,7-10,17H2,1H3. The number of aliphatic imine (C=N–C) groups is 1. The third-order valence-electron chi connectivity index (χ3n) is 4.31. The van der Waals surface area contributed by atoms with Crippen molar-refractivity contribution < 1.29 is 9.47 Å².